The predicted molar refractivity (Wildman–Crippen MR) is 68.9 cm³/mol. The summed E-state index contributed by atoms with van der Waals surface area (Å²) >= 11 is 0. The molecule has 1 unspecified atom stereocenters. The van der Waals surface area contributed by atoms with E-state index in [4.69, 9.17) is 5.73 Å². The third-order valence-corrected chi connectivity index (χ3v) is 2.71. The van der Waals surface area contributed by atoms with E-state index in [2.05, 4.69) is 18.6 Å². The van der Waals surface area contributed by atoms with Crippen LogP contribution < -0.4 is 10.5 Å². The fourth-order valence-electron chi connectivity index (χ4n) is 2.31. The standard InChI is InChI=1S/C14H20F3NO/c1-10(18)8-13(2,3)9-11-4-6-12(7-5-11)19-14(15,16)17/h4-7,10H,8-9,18H2,1-3H3. The molecule has 0 saturated carbocycles. The number of rotatable bonds is 5. The summed E-state index contributed by atoms with van der Waals surface area (Å²) in [6.45, 7) is 6.13. The summed E-state index contributed by atoms with van der Waals surface area (Å²) in [6, 6.07) is 6.09. The van der Waals surface area contributed by atoms with Crippen LogP contribution >= 0.6 is 0 Å². The smallest absolute Gasteiger partial charge is 0.406 e. The van der Waals surface area contributed by atoms with Crippen LogP contribution in [0.25, 0.3) is 0 Å². The molecule has 1 rings (SSSR count). The lowest BCUT2D eigenvalue weighted by Crippen LogP contribution is -2.26. The molecular weight excluding hydrogens is 255 g/mol. The van der Waals surface area contributed by atoms with E-state index in [-0.39, 0.29) is 17.2 Å². The first-order valence-electron chi connectivity index (χ1n) is 6.18. The summed E-state index contributed by atoms with van der Waals surface area (Å²) in [5, 5.41) is 0. The highest BCUT2D eigenvalue weighted by atomic mass is 19.4. The van der Waals surface area contributed by atoms with Gasteiger partial charge in [-0.15, -0.1) is 13.2 Å². The van der Waals surface area contributed by atoms with E-state index in [1.165, 1.54) is 12.1 Å². The van der Waals surface area contributed by atoms with Crippen molar-refractivity contribution >= 4 is 0 Å². The van der Waals surface area contributed by atoms with Gasteiger partial charge in [-0.05, 0) is 42.9 Å². The summed E-state index contributed by atoms with van der Waals surface area (Å²) in [7, 11) is 0. The van der Waals surface area contributed by atoms with Crippen molar-refractivity contribution in [3.8, 4) is 5.75 Å². The van der Waals surface area contributed by atoms with E-state index in [9.17, 15) is 13.2 Å². The van der Waals surface area contributed by atoms with Gasteiger partial charge < -0.3 is 10.5 Å². The van der Waals surface area contributed by atoms with Gasteiger partial charge >= 0.3 is 6.36 Å². The van der Waals surface area contributed by atoms with E-state index < -0.39 is 6.36 Å². The van der Waals surface area contributed by atoms with Gasteiger partial charge in [0.05, 0.1) is 0 Å². The first kappa shape index (κ1) is 15.8. The van der Waals surface area contributed by atoms with Gasteiger partial charge in [-0.3, -0.25) is 0 Å². The predicted octanol–water partition coefficient (Wildman–Crippen LogP) is 3.89. The first-order chi connectivity index (χ1) is 8.57. The first-order valence-corrected chi connectivity index (χ1v) is 6.18. The minimum Gasteiger partial charge on any atom is -0.406 e. The molecule has 0 aliphatic heterocycles. The Hall–Kier alpha value is -1.23. The lowest BCUT2D eigenvalue weighted by Gasteiger charge is -2.26. The SMILES string of the molecule is CC(N)CC(C)(C)Cc1ccc(OC(F)(F)F)cc1. The van der Waals surface area contributed by atoms with Crippen molar-refractivity contribution in [2.45, 2.75) is 46.0 Å². The summed E-state index contributed by atoms with van der Waals surface area (Å²) < 4.78 is 39.9. The van der Waals surface area contributed by atoms with Crippen LogP contribution in [-0.2, 0) is 6.42 Å². The number of hydrogen-bond acceptors (Lipinski definition) is 2. The van der Waals surface area contributed by atoms with Crippen molar-refractivity contribution < 1.29 is 17.9 Å². The number of hydrogen-bond donors (Lipinski definition) is 1. The Labute approximate surface area is 111 Å². The van der Waals surface area contributed by atoms with Gasteiger partial charge in [-0.2, -0.15) is 0 Å². The largest absolute Gasteiger partial charge is 0.573 e. The van der Waals surface area contributed by atoms with Crippen LogP contribution in [0.3, 0.4) is 0 Å². The molecule has 0 fully saturated rings. The molecule has 0 aliphatic rings. The van der Waals surface area contributed by atoms with Crippen LogP contribution in [0.15, 0.2) is 24.3 Å². The summed E-state index contributed by atoms with van der Waals surface area (Å²) in [5.74, 6) is -0.193. The summed E-state index contributed by atoms with van der Waals surface area (Å²) in [6.07, 6.45) is -3.02. The molecule has 19 heavy (non-hydrogen) atoms. The van der Waals surface area contributed by atoms with Gasteiger partial charge in [0, 0.05) is 6.04 Å². The Bertz CT molecular complexity index is 396. The van der Waals surface area contributed by atoms with Crippen LogP contribution in [0.2, 0.25) is 0 Å². The molecule has 0 spiro atoms. The molecule has 2 nitrogen and oxygen atoms in total. The minimum atomic E-state index is -4.64. The molecule has 0 bridgehead atoms. The second-order valence-electron chi connectivity index (χ2n) is 5.71. The highest BCUT2D eigenvalue weighted by Crippen LogP contribution is 2.29. The second kappa shape index (κ2) is 5.82. The van der Waals surface area contributed by atoms with Gasteiger partial charge in [0.1, 0.15) is 5.75 Å². The normalized spacial score (nSPS) is 14.3. The van der Waals surface area contributed by atoms with Gasteiger partial charge in [0.2, 0.25) is 0 Å². The maximum atomic E-state index is 12.0. The minimum absolute atomic E-state index is 0.0145. The van der Waals surface area contributed by atoms with E-state index >= 15 is 0 Å². The number of ether oxygens (including phenoxy) is 1. The lowest BCUT2D eigenvalue weighted by atomic mass is 9.80. The molecular formula is C14H20F3NO. The molecule has 1 aromatic carbocycles. The lowest BCUT2D eigenvalue weighted by molar-refractivity contribution is -0.274. The van der Waals surface area contributed by atoms with Crippen LogP contribution in [0, 0.1) is 5.41 Å². The fourth-order valence-corrected chi connectivity index (χ4v) is 2.31. The Balaban J connectivity index is 2.67. The topological polar surface area (TPSA) is 35.2 Å². The Kier molecular flexibility index (Phi) is 4.85. The van der Waals surface area contributed by atoms with Crippen LogP contribution in [-0.4, -0.2) is 12.4 Å². The maximum Gasteiger partial charge on any atom is 0.573 e. The zero-order chi connectivity index (χ0) is 14.7. The Morgan fingerprint density at radius 3 is 2.11 bits per heavy atom. The van der Waals surface area contributed by atoms with E-state index in [1.807, 2.05) is 6.92 Å². The zero-order valence-corrected chi connectivity index (χ0v) is 11.4. The molecule has 0 amide bonds. The second-order valence-corrected chi connectivity index (χ2v) is 5.71. The van der Waals surface area contributed by atoms with Crippen LogP contribution in [0.4, 0.5) is 13.2 Å². The maximum absolute atomic E-state index is 12.0. The molecule has 0 saturated heterocycles. The molecule has 0 radical (unpaired) electrons. The fraction of sp³-hybridized carbons (Fsp3) is 0.571. The van der Waals surface area contributed by atoms with Crippen molar-refractivity contribution in [2.24, 2.45) is 11.1 Å². The molecule has 1 atom stereocenters. The average Bonchev–Trinajstić information content (AvgIpc) is 2.16. The molecule has 0 heterocycles. The third-order valence-electron chi connectivity index (χ3n) is 2.71. The van der Waals surface area contributed by atoms with Gasteiger partial charge in [0.25, 0.3) is 0 Å². The van der Waals surface area contributed by atoms with E-state index in [0.29, 0.717) is 0 Å². The van der Waals surface area contributed by atoms with Crippen molar-refractivity contribution in [1.82, 2.24) is 0 Å². The quantitative estimate of drug-likeness (QED) is 0.884. The highest BCUT2D eigenvalue weighted by molar-refractivity contribution is 5.28. The van der Waals surface area contributed by atoms with Crippen molar-refractivity contribution in [1.29, 1.82) is 0 Å². The van der Waals surface area contributed by atoms with Gasteiger partial charge in [-0.1, -0.05) is 26.0 Å². The average molecular weight is 275 g/mol. The highest BCUT2D eigenvalue weighted by Gasteiger charge is 2.31. The van der Waals surface area contributed by atoms with Crippen molar-refractivity contribution in [3.63, 3.8) is 0 Å². The third kappa shape index (κ3) is 6.47. The van der Waals surface area contributed by atoms with E-state index in [0.717, 1.165) is 18.4 Å². The molecule has 108 valence electrons. The monoisotopic (exact) mass is 275 g/mol. The Morgan fingerprint density at radius 2 is 1.68 bits per heavy atom. The van der Waals surface area contributed by atoms with Gasteiger partial charge in [-0.25, -0.2) is 0 Å². The van der Waals surface area contributed by atoms with Crippen molar-refractivity contribution in [3.05, 3.63) is 29.8 Å². The van der Waals surface area contributed by atoms with Crippen molar-refractivity contribution in [2.75, 3.05) is 0 Å². The summed E-state index contributed by atoms with van der Waals surface area (Å²) in [4.78, 5) is 0. The zero-order valence-electron chi connectivity index (χ0n) is 11.4. The molecule has 5 heteroatoms. The number of halogens is 3. The molecule has 1 aromatic rings. The van der Waals surface area contributed by atoms with Crippen LogP contribution in [0.5, 0.6) is 5.75 Å². The number of nitrogens with two attached hydrogens (primary N) is 1. The molecule has 0 aromatic heterocycles. The summed E-state index contributed by atoms with van der Waals surface area (Å²) in [5.41, 5.74) is 6.77. The Morgan fingerprint density at radius 1 is 1.16 bits per heavy atom. The molecule has 0 aliphatic carbocycles. The number of alkyl halides is 3. The molecule has 2 N–H and O–H groups in total. The van der Waals surface area contributed by atoms with Crippen LogP contribution in [0.1, 0.15) is 32.8 Å². The number of benzene rings is 1. The van der Waals surface area contributed by atoms with Gasteiger partial charge in [0.15, 0.2) is 0 Å². The van der Waals surface area contributed by atoms with E-state index in [1.54, 1.807) is 12.1 Å².